The first-order valence-electron chi connectivity index (χ1n) is 6.60. The van der Waals surface area contributed by atoms with Gasteiger partial charge in [0.15, 0.2) is 0 Å². The molecular formula is C13H22IN3OSi. The third-order valence-electron chi connectivity index (χ3n) is 3.22. The molecule has 0 fully saturated rings. The van der Waals surface area contributed by atoms with Crippen LogP contribution in [0.2, 0.25) is 25.7 Å². The second-order valence-electron chi connectivity index (χ2n) is 6.04. The van der Waals surface area contributed by atoms with E-state index in [1.54, 1.807) is 6.34 Å². The lowest BCUT2D eigenvalue weighted by atomic mass is 10.1. The third-order valence-corrected chi connectivity index (χ3v) is 5.65. The first-order valence-corrected chi connectivity index (χ1v) is 11.8. The Labute approximate surface area is 130 Å². The molecule has 0 radical (unpaired) electrons. The Morgan fingerprint density at radius 1 is 1.47 bits per heavy atom. The summed E-state index contributed by atoms with van der Waals surface area (Å²) in [4.78, 5) is 6.57. The SMILES string of the molecule is C[Si](C)(C)CCOCN1C=CC2=C(CI)N=CNC21. The largest absolute Gasteiger partial charge is 0.361 e. The number of aliphatic imine (C=N–C) groups is 1. The minimum atomic E-state index is -0.994. The predicted octanol–water partition coefficient (Wildman–Crippen LogP) is 2.77. The summed E-state index contributed by atoms with van der Waals surface area (Å²) in [6.07, 6.45) is 6.24. The van der Waals surface area contributed by atoms with Gasteiger partial charge >= 0.3 is 0 Å². The number of fused-ring (bicyclic) bond motifs is 1. The molecule has 0 aromatic carbocycles. The molecule has 0 aromatic rings. The topological polar surface area (TPSA) is 36.9 Å². The lowest BCUT2D eigenvalue weighted by Gasteiger charge is -2.29. The molecule has 0 saturated carbocycles. The maximum absolute atomic E-state index is 5.81. The van der Waals surface area contributed by atoms with Crippen LogP contribution in [0, 0.1) is 0 Å². The Bertz CT molecular complexity index is 415. The molecule has 1 atom stereocenters. The molecule has 0 aliphatic carbocycles. The minimum Gasteiger partial charge on any atom is -0.361 e. The van der Waals surface area contributed by atoms with Crippen molar-refractivity contribution >= 4 is 37.0 Å². The van der Waals surface area contributed by atoms with E-state index in [0.29, 0.717) is 6.73 Å². The number of nitrogens with one attached hydrogen (secondary N) is 1. The number of allylic oxidation sites excluding steroid dienone is 1. The summed E-state index contributed by atoms with van der Waals surface area (Å²) in [5.74, 6) is 0. The van der Waals surface area contributed by atoms with Gasteiger partial charge in [0.2, 0.25) is 0 Å². The molecule has 1 unspecified atom stereocenters. The Hall–Kier alpha value is -0.343. The fourth-order valence-electron chi connectivity index (χ4n) is 2.01. The highest BCUT2D eigenvalue weighted by Crippen LogP contribution is 2.25. The molecule has 6 heteroatoms. The Kier molecular flexibility index (Phi) is 5.07. The zero-order valence-corrected chi connectivity index (χ0v) is 15.0. The van der Waals surface area contributed by atoms with Crippen LogP contribution >= 0.6 is 22.6 Å². The highest BCUT2D eigenvalue weighted by molar-refractivity contribution is 14.1. The monoisotopic (exact) mass is 391 g/mol. The summed E-state index contributed by atoms with van der Waals surface area (Å²) in [5.41, 5.74) is 2.43. The van der Waals surface area contributed by atoms with E-state index >= 15 is 0 Å². The van der Waals surface area contributed by atoms with Crippen molar-refractivity contribution in [3.8, 4) is 0 Å². The van der Waals surface area contributed by atoms with Gasteiger partial charge in [-0.3, -0.25) is 0 Å². The molecule has 4 nitrogen and oxygen atoms in total. The van der Waals surface area contributed by atoms with Crippen molar-refractivity contribution in [1.29, 1.82) is 0 Å². The molecule has 0 bridgehead atoms. The second-order valence-corrected chi connectivity index (χ2v) is 12.4. The molecule has 0 saturated heterocycles. The van der Waals surface area contributed by atoms with Gasteiger partial charge in [-0.2, -0.15) is 0 Å². The molecule has 2 aliphatic rings. The number of alkyl halides is 1. The molecule has 19 heavy (non-hydrogen) atoms. The fraction of sp³-hybridized carbons (Fsp3) is 0.615. The van der Waals surface area contributed by atoms with Gasteiger partial charge < -0.3 is 15.0 Å². The summed E-state index contributed by atoms with van der Waals surface area (Å²) in [6.45, 7) is 8.62. The van der Waals surface area contributed by atoms with Gasteiger partial charge in [-0.15, -0.1) is 0 Å². The predicted molar refractivity (Wildman–Crippen MR) is 91.3 cm³/mol. The van der Waals surface area contributed by atoms with Crippen molar-refractivity contribution in [3.05, 3.63) is 23.5 Å². The van der Waals surface area contributed by atoms with Crippen LogP contribution < -0.4 is 5.32 Å². The van der Waals surface area contributed by atoms with E-state index in [0.717, 1.165) is 16.7 Å². The smallest absolute Gasteiger partial charge is 0.129 e. The van der Waals surface area contributed by atoms with Crippen molar-refractivity contribution in [2.45, 2.75) is 31.9 Å². The first kappa shape index (κ1) is 15.1. The first-order chi connectivity index (χ1) is 9.01. The van der Waals surface area contributed by atoms with E-state index in [-0.39, 0.29) is 6.17 Å². The zero-order chi connectivity index (χ0) is 13.9. The Morgan fingerprint density at radius 2 is 2.26 bits per heavy atom. The number of hydrogen-bond donors (Lipinski definition) is 1. The number of halogens is 1. The van der Waals surface area contributed by atoms with Crippen molar-refractivity contribution in [1.82, 2.24) is 10.2 Å². The van der Waals surface area contributed by atoms with Gasteiger partial charge in [0.05, 0.1) is 12.0 Å². The molecule has 2 rings (SSSR count). The third kappa shape index (κ3) is 4.06. The average Bonchev–Trinajstić information content (AvgIpc) is 2.76. The highest BCUT2D eigenvalue weighted by atomic mass is 127. The van der Waals surface area contributed by atoms with Gasteiger partial charge in [-0.25, -0.2) is 4.99 Å². The quantitative estimate of drug-likeness (QED) is 0.328. The van der Waals surface area contributed by atoms with Crippen LogP contribution in [0.1, 0.15) is 0 Å². The average molecular weight is 391 g/mol. The second kappa shape index (κ2) is 6.40. The number of nitrogens with zero attached hydrogens (tertiary/aromatic N) is 2. The van der Waals surface area contributed by atoms with E-state index in [1.165, 1.54) is 11.6 Å². The molecular weight excluding hydrogens is 369 g/mol. The summed E-state index contributed by atoms with van der Waals surface area (Å²) >= 11 is 2.36. The van der Waals surface area contributed by atoms with Gasteiger partial charge in [0.1, 0.15) is 12.9 Å². The van der Waals surface area contributed by atoms with Crippen LogP contribution in [0.4, 0.5) is 0 Å². The fourth-order valence-corrected chi connectivity index (χ4v) is 3.40. The normalized spacial score (nSPS) is 21.9. The van der Waals surface area contributed by atoms with Crippen LogP contribution in [0.15, 0.2) is 28.5 Å². The van der Waals surface area contributed by atoms with Crippen LogP contribution in [-0.4, -0.2) is 43.2 Å². The maximum Gasteiger partial charge on any atom is 0.129 e. The van der Waals surface area contributed by atoms with Gasteiger partial charge in [0.25, 0.3) is 0 Å². The van der Waals surface area contributed by atoms with Crippen LogP contribution in [0.3, 0.4) is 0 Å². The van der Waals surface area contributed by atoms with Gasteiger partial charge in [0, 0.05) is 30.9 Å². The van der Waals surface area contributed by atoms with Crippen LogP contribution in [-0.2, 0) is 4.74 Å². The van der Waals surface area contributed by atoms with E-state index in [2.05, 4.69) is 69.7 Å². The summed E-state index contributed by atoms with van der Waals surface area (Å²) < 4.78 is 6.75. The van der Waals surface area contributed by atoms with Crippen molar-refractivity contribution < 1.29 is 4.74 Å². The van der Waals surface area contributed by atoms with E-state index in [1.807, 2.05) is 0 Å². The van der Waals surface area contributed by atoms with Gasteiger partial charge in [-0.1, -0.05) is 42.2 Å². The van der Waals surface area contributed by atoms with Crippen molar-refractivity contribution in [2.75, 3.05) is 17.8 Å². The molecule has 1 N–H and O–H groups in total. The van der Waals surface area contributed by atoms with Gasteiger partial charge in [-0.05, 0) is 12.1 Å². The Balaban J connectivity index is 1.83. The summed E-state index contributed by atoms with van der Waals surface area (Å²) in [5, 5.41) is 3.29. The molecule has 106 valence electrons. The molecule has 0 aromatic heterocycles. The lowest BCUT2D eigenvalue weighted by molar-refractivity contribution is 0.0490. The number of hydrogen-bond acceptors (Lipinski definition) is 4. The molecule has 0 amide bonds. The van der Waals surface area contributed by atoms with Crippen molar-refractivity contribution in [2.24, 2.45) is 4.99 Å². The van der Waals surface area contributed by atoms with E-state index in [9.17, 15) is 0 Å². The lowest BCUT2D eigenvalue weighted by Crippen LogP contribution is -2.43. The van der Waals surface area contributed by atoms with Crippen molar-refractivity contribution in [3.63, 3.8) is 0 Å². The number of rotatable bonds is 6. The van der Waals surface area contributed by atoms with Crippen LogP contribution in [0.5, 0.6) is 0 Å². The zero-order valence-electron chi connectivity index (χ0n) is 11.8. The molecule has 0 spiro atoms. The standard InChI is InChI=1S/C13H22IN3OSi/c1-19(2,3)7-6-18-10-17-5-4-11-12(8-14)15-9-16-13(11)17/h4-5,9,13H,6-8,10H2,1-3H3,(H,15,16). The highest BCUT2D eigenvalue weighted by Gasteiger charge is 2.27. The summed E-state index contributed by atoms with van der Waals surface area (Å²) in [7, 11) is -0.994. The van der Waals surface area contributed by atoms with E-state index < -0.39 is 8.07 Å². The van der Waals surface area contributed by atoms with E-state index in [4.69, 9.17) is 4.74 Å². The molecule has 2 heterocycles. The Morgan fingerprint density at radius 3 is 2.95 bits per heavy atom. The van der Waals surface area contributed by atoms with Crippen LogP contribution in [0.25, 0.3) is 0 Å². The molecule has 2 aliphatic heterocycles. The maximum atomic E-state index is 5.81. The summed E-state index contributed by atoms with van der Waals surface area (Å²) in [6, 6.07) is 1.21. The minimum absolute atomic E-state index is 0.203. The number of ether oxygens (including phenoxy) is 1.